The van der Waals surface area contributed by atoms with Gasteiger partial charge in [-0.2, -0.15) is 0 Å². The number of likely N-dealkylation sites (N-methyl/N-ethyl adjacent to an activating group) is 1. The highest BCUT2D eigenvalue weighted by atomic mass is 32.2. The van der Waals surface area contributed by atoms with Crippen LogP contribution in [0, 0.1) is 5.92 Å². The average molecular weight is 481 g/mol. The average Bonchev–Trinajstić information content (AvgIpc) is 3.41. The Kier molecular flexibility index (Phi) is 8.12. The molecule has 1 aromatic carbocycles. The zero-order valence-electron chi connectivity index (χ0n) is 18.7. The lowest BCUT2D eigenvalue weighted by Gasteiger charge is -2.40. The van der Waals surface area contributed by atoms with Crippen LogP contribution >= 0.6 is 23.1 Å². The fourth-order valence-corrected chi connectivity index (χ4v) is 5.72. The molecule has 1 aliphatic rings. The molecule has 0 radical (unpaired) electrons. The predicted octanol–water partition coefficient (Wildman–Crippen LogP) is 4.25. The van der Waals surface area contributed by atoms with Gasteiger partial charge in [-0.1, -0.05) is 48.2 Å². The van der Waals surface area contributed by atoms with Crippen molar-refractivity contribution in [1.82, 2.24) is 19.8 Å². The lowest BCUT2D eigenvalue weighted by atomic mass is 9.85. The number of thiophene rings is 1. The number of nitrogens with zero attached hydrogens (tertiary/aromatic N) is 4. The molecule has 1 atom stereocenters. The van der Waals surface area contributed by atoms with Crippen molar-refractivity contribution in [3.8, 4) is 0 Å². The minimum absolute atomic E-state index is 0.0729. The summed E-state index contributed by atoms with van der Waals surface area (Å²) in [6, 6.07) is 16.0. The molecule has 2 amide bonds. The molecule has 6 nitrogen and oxygen atoms in total. The van der Waals surface area contributed by atoms with Crippen LogP contribution in [0.15, 0.2) is 71.5 Å². The zero-order valence-corrected chi connectivity index (χ0v) is 20.3. The predicted molar refractivity (Wildman–Crippen MR) is 132 cm³/mol. The summed E-state index contributed by atoms with van der Waals surface area (Å²) in [5.41, 5.74) is 1.23. The molecule has 1 aliphatic heterocycles. The highest BCUT2D eigenvalue weighted by Crippen LogP contribution is 2.28. The lowest BCUT2D eigenvalue weighted by molar-refractivity contribution is -0.130. The van der Waals surface area contributed by atoms with Crippen molar-refractivity contribution in [3.63, 3.8) is 0 Å². The third kappa shape index (κ3) is 6.21. The number of hydrogen-bond acceptors (Lipinski definition) is 6. The van der Waals surface area contributed by atoms with Crippen LogP contribution in [-0.4, -0.2) is 63.5 Å². The van der Waals surface area contributed by atoms with Crippen LogP contribution in [0.4, 0.5) is 0 Å². The maximum Gasteiger partial charge on any atom is 0.263 e. The van der Waals surface area contributed by atoms with E-state index < -0.39 is 0 Å². The summed E-state index contributed by atoms with van der Waals surface area (Å²) in [5.74, 6) is 0.879. The van der Waals surface area contributed by atoms with Gasteiger partial charge in [0.2, 0.25) is 5.91 Å². The third-order valence-corrected chi connectivity index (χ3v) is 7.86. The van der Waals surface area contributed by atoms with Crippen LogP contribution in [0.5, 0.6) is 0 Å². The van der Waals surface area contributed by atoms with Gasteiger partial charge in [-0.3, -0.25) is 9.59 Å². The van der Waals surface area contributed by atoms with Gasteiger partial charge in [-0.15, -0.1) is 11.3 Å². The largest absolute Gasteiger partial charge is 0.342 e. The van der Waals surface area contributed by atoms with Crippen molar-refractivity contribution in [2.45, 2.75) is 30.5 Å². The van der Waals surface area contributed by atoms with E-state index in [1.807, 2.05) is 52.6 Å². The van der Waals surface area contributed by atoms with Gasteiger partial charge in [-0.05, 0) is 48.3 Å². The number of carbonyl (C=O) groups excluding carboxylic acids is 2. The molecule has 2 aromatic heterocycles. The number of hydrogen-bond donors (Lipinski definition) is 0. The second kappa shape index (κ2) is 11.4. The van der Waals surface area contributed by atoms with E-state index in [2.05, 4.69) is 22.1 Å². The number of aromatic nitrogens is 2. The first-order valence-corrected chi connectivity index (χ1v) is 13.0. The summed E-state index contributed by atoms with van der Waals surface area (Å²) in [6.45, 7) is 1.43. The smallest absolute Gasteiger partial charge is 0.263 e. The summed E-state index contributed by atoms with van der Waals surface area (Å²) in [7, 11) is 1.92. The number of likely N-dealkylation sites (tertiary alicyclic amines) is 1. The number of amides is 2. The molecular weight excluding hydrogens is 452 g/mol. The number of thioether (sulfide) groups is 1. The molecule has 0 bridgehead atoms. The standard InChI is InChI=1S/C25H28N4O2S2/c1-28(24(31)22-9-5-16-32-22)21(17-19-7-3-2-4-8-19)20-10-14-29(15-11-20)23(30)18-33-25-26-12-6-13-27-25/h2-9,12-13,16,20-21H,10-11,14-15,17-18H2,1H3/t21-/m1/s1. The fourth-order valence-electron chi connectivity index (χ4n) is 4.31. The van der Waals surface area contributed by atoms with E-state index >= 15 is 0 Å². The van der Waals surface area contributed by atoms with Gasteiger partial charge in [0.05, 0.1) is 10.6 Å². The molecule has 172 valence electrons. The Hall–Kier alpha value is -2.71. The normalized spacial score (nSPS) is 15.2. The summed E-state index contributed by atoms with van der Waals surface area (Å²) >= 11 is 2.85. The first kappa shape index (κ1) is 23.4. The van der Waals surface area contributed by atoms with Crippen LogP contribution in [0.25, 0.3) is 0 Å². The molecule has 4 rings (SSSR count). The molecule has 0 saturated carbocycles. The van der Waals surface area contributed by atoms with Crippen LogP contribution < -0.4 is 0 Å². The first-order chi connectivity index (χ1) is 16.1. The van der Waals surface area contributed by atoms with E-state index in [0.29, 0.717) is 29.9 Å². The molecule has 1 fully saturated rings. The van der Waals surface area contributed by atoms with Crippen molar-refractivity contribution < 1.29 is 9.59 Å². The topological polar surface area (TPSA) is 66.4 Å². The van der Waals surface area contributed by atoms with Gasteiger partial charge in [-0.25, -0.2) is 9.97 Å². The Balaban J connectivity index is 1.39. The molecule has 0 unspecified atom stereocenters. The maximum absolute atomic E-state index is 13.1. The van der Waals surface area contributed by atoms with Crippen molar-refractivity contribution in [2.75, 3.05) is 25.9 Å². The van der Waals surface area contributed by atoms with Crippen molar-refractivity contribution in [3.05, 3.63) is 76.7 Å². The van der Waals surface area contributed by atoms with Gasteiger partial charge in [0, 0.05) is 38.6 Å². The van der Waals surface area contributed by atoms with E-state index in [1.165, 1.54) is 28.7 Å². The van der Waals surface area contributed by atoms with Crippen molar-refractivity contribution in [1.29, 1.82) is 0 Å². The third-order valence-electron chi connectivity index (χ3n) is 6.14. The van der Waals surface area contributed by atoms with Gasteiger partial charge < -0.3 is 9.80 Å². The van der Waals surface area contributed by atoms with Crippen LogP contribution in [0.1, 0.15) is 28.1 Å². The van der Waals surface area contributed by atoms with Gasteiger partial charge in [0.25, 0.3) is 5.91 Å². The Morgan fingerprint density at radius 3 is 2.48 bits per heavy atom. The number of piperidine rings is 1. The fraction of sp³-hybridized carbons (Fsp3) is 0.360. The first-order valence-electron chi connectivity index (χ1n) is 11.1. The zero-order chi connectivity index (χ0) is 23.0. The Morgan fingerprint density at radius 2 is 1.82 bits per heavy atom. The van der Waals surface area contributed by atoms with Crippen molar-refractivity contribution >= 4 is 34.9 Å². The number of carbonyl (C=O) groups is 2. The lowest BCUT2D eigenvalue weighted by Crippen LogP contribution is -2.48. The number of benzene rings is 1. The second-order valence-electron chi connectivity index (χ2n) is 8.19. The summed E-state index contributed by atoms with van der Waals surface area (Å²) in [4.78, 5) is 38.8. The van der Waals surface area contributed by atoms with E-state index in [1.54, 1.807) is 18.5 Å². The monoisotopic (exact) mass is 480 g/mol. The van der Waals surface area contributed by atoms with Crippen molar-refractivity contribution in [2.24, 2.45) is 5.92 Å². The van der Waals surface area contributed by atoms with Gasteiger partial charge in [0.1, 0.15) is 0 Å². The highest BCUT2D eigenvalue weighted by molar-refractivity contribution is 7.99. The molecule has 8 heteroatoms. The van der Waals surface area contributed by atoms with Crippen LogP contribution in [0.3, 0.4) is 0 Å². The van der Waals surface area contributed by atoms with Gasteiger partial charge in [0.15, 0.2) is 5.16 Å². The molecule has 33 heavy (non-hydrogen) atoms. The maximum atomic E-state index is 13.1. The summed E-state index contributed by atoms with van der Waals surface area (Å²) in [6.07, 6.45) is 5.96. The van der Waals surface area contributed by atoms with E-state index in [-0.39, 0.29) is 17.9 Å². The summed E-state index contributed by atoms with van der Waals surface area (Å²) < 4.78 is 0. The molecule has 1 saturated heterocycles. The SMILES string of the molecule is CN(C(=O)c1cccs1)[C@H](Cc1ccccc1)C1CCN(C(=O)CSc2ncccn2)CC1. The molecule has 0 aliphatic carbocycles. The van der Waals surface area contributed by atoms with E-state index in [9.17, 15) is 9.59 Å². The Morgan fingerprint density at radius 1 is 1.09 bits per heavy atom. The quantitative estimate of drug-likeness (QED) is 0.356. The number of rotatable bonds is 8. The summed E-state index contributed by atoms with van der Waals surface area (Å²) in [5, 5.41) is 2.56. The second-order valence-corrected chi connectivity index (χ2v) is 10.1. The van der Waals surface area contributed by atoms with Crippen LogP contribution in [-0.2, 0) is 11.2 Å². The molecule has 3 aromatic rings. The van der Waals surface area contributed by atoms with E-state index in [4.69, 9.17) is 0 Å². The molecule has 3 heterocycles. The Bertz CT molecular complexity index is 1020. The van der Waals surface area contributed by atoms with E-state index in [0.717, 1.165) is 24.1 Å². The Labute approximate surface area is 203 Å². The van der Waals surface area contributed by atoms with Crippen LogP contribution in [0.2, 0.25) is 0 Å². The van der Waals surface area contributed by atoms with Gasteiger partial charge >= 0.3 is 0 Å². The minimum Gasteiger partial charge on any atom is -0.342 e. The molecular formula is C25H28N4O2S2. The minimum atomic E-state index is 0.0729. The molecule has 0 spiro atoms. The molecule has 0 N–H and O–H groups in total. The highest BCUT2D eigenvalue weighted by Gasteiger charge is 2.33.